The Hall–Kier alpha value is -0.810. The molecule has 0 aliphatic carbocycles. The first-order chi connectivity index (χ1) is 6.72. The first kappa shape index (κ1) is 11.3. The molecule has 14 heavy (non-hydrogen) atoms. The van der Waals surface area contributed by atoms with Gasteiger partial charge in [-0.05, 0) is 26.7 Å². The summed E-state index contributed by atoms with van der Waals surface area (Å²) in [6.45, 7) is 5.63. The zero-order valence-electron chi connectivity index (χ0n) is 8.92. The van der Waals surface area contributed by atoms with Crippen LogP contribution in [0.2, 0.25) is 0 Å². The van der Waals surface area contributed by atoms with Gasteiger partial charge in [-0.25, -0.2) is 10.8 Å². The molecule has 1 saturated heterocycles. The fourth-order valence-corrected chi connectivity index (χ4v) is 1.39. The summed E-state index contributed by atoms with van der Waals surface area (Å²) in [5.41, 5.74) is 2.54. The van der Waals surface area contributed by atoms with E-state index in [0.717, 1.165) is 19.4 Å². The Morgan fingerprint density at radius 1 is 1.64 bits per heavy atom. The summed E-state index contributed by atoms with van der Waals surface area (Å²) < 4.78 is 5.45. The van der Waals surface area contributed by atoms with E-state index >= 15 is 0 Å². The van der Waals surface area contributed by atoms with Crippen molar-refractivity contribution in [2.24, 2.45) is 10.8 Å². The normalized spacial score (nSPS) is 22.9. The molecule has 0 saturated carbocycles. The van der Waals surface area contributed by atoms with Crippen molar-refractivity contribution in [2.75, 3.05) is 13.2 Å². The predicted molar refractivity (Wildman–Crippen MR) is 56.9 cm³/mol. The third-order valence-corrected chi connectivity index (χ3v) is 2.04. The second kappa shape index (κ2) is 5.82. The van der Waals surface area contributed by atoms with E-state index in [9.17, 15) is 0 Å². The van der Waals surface area contributed by atoms with Gasteiger partial charge in [0.15, 0.2) is 0 Å². The van der Waals surface area contributed by atoms with Crippen molar-refractivity contribution in [1.82, 2.24) is 10.7 Å². The predicted octanol–water partition coefficient (Wildman–Crippen LogP) is -0.0173. The highest BCUT2D eigenvalue weighted by Gasteiger charge is 2.14. The number of guanidine groups is 1. The fourth-order valence-electron chi connectivity index (χ4n) is 1.39. The molecule has 5 nitrogen and oxygen atoms in total. The molecule has 0 aromatic carbocycles. The summed E-state index contributed by atoms with van der Waals surface area (Å²) in [6.07, 6.45) is 2.51. The van der Waals surface area contributed by atoms with Crippen LogP contribution < -0.4 is 16.6 Å². The Morgan fingerprint density at radius 2 is 2.43 bits per heavy atom. The zero-order valence-corrected chi connectivity index (χ0v) is 8.92. The minimum atomic E-state index is 0.271. The molecular weight excluding hydrogens is 180 g/mol. The van der Waals surface area contributed by atoms with Crippen LogP contribution in [0.1, 0.15) is 26.7 Å². The van der Waals surface area contributed by atoms with Crippen LogP contribution in [-0.2, 0) is 4.74 Å². The van der Waals surface area contributed by atoms with Gasteiger partial charge >= 0.3 is 0 Å². The van der Waals surface area contributed by atoms with Gasteiger partial charge in [-0.1, -0.05) is 0 Å². The molecule has 1 aliphatic rings. The maximum absolute atomic E-state index is 5.45. The highest BCUT2D eigenvalue weighted by Crippen LogP contribution is 2.11. The lowest BCUT2D eigenvalue weighted by atomic mass is 10.2. The minimum Gasteiger partial charge on any atom is -0.376 e. The van der Waals surface area contributed by atoms with Gasteiger partial charge in [0.1, 0.15) is 0 Å². The Balaban J connectivity index is 2.30. The van der Waals surface area contributed by atoms with E-state index in [1.807, 2.05) is 13.8 Å². The molecule has 1 fully saturated rings. The van der Waals surface area contributed by atoms with Crippen LogP contribution in [0.15, 0.2) is 4.99 Å². The van der Waals surface area contributed by atoms with Crippen LogP contribution in [-0.4, -0.2) is 31.3 Å². The Bertz CT molecular complexity index is 187. The molecule has 1 heterocycles. The number of nitrogens with zero attached hydrogens (tertiary/aromatic N) is 1. The van der Waals surface area contributed by atoms with E-state index in [2.05, 4.69) is 15.7 Å². The number of ether oxygens (including phenoxy) is 1. The van der Waals surface area contributed by atoms with Gasteiger partial charge in [-0.2, -0.15) is 0 Å². The molecule has 0 aromatic heterocycles. The maximum Gasteiger partial charge on any atom is 0.206 e. The van der Waals surface area contributed by atoms with Gasteiger partial charge < -0.3 is 10.1 Å². The maximum atomic E-state index is 5.45. The molecule has 4 N–H and O–H groups in total. The largest absolute Gasteiger partial charge is 0.376 e. The summed E-state index contributed by atoms with van der Waals surface area (Å²) in [4.78, 5) is 4.31. The lowest BCUT2D eigenvalue weighted by Gasteiger charge is -2.13. The van der Waals surface area contributed by atoms with Crippen molar-refractivity contribution < 1.29 is 4.74 Å². The van der Waals surface area contributed by atoms with Crippen molar-refractivity contribution in [3.8, 4) is 0 Å². The van der Waals surface area contributed by atoms with E-state index < -0.39 is 0 Å². The summed E-state index contributed by atoms with van der Waals surface area (Å²) in [6, 6.07) is 0.328. The van der Waals surface area contributed by atoms with Gasteiger partial charge in [0.2, 0.25) is 5.96 Å². The van der Waals surface area contributed by atoms with Crippen LogP contribution in [0.4, 0.5) is 0 Å². The van der Waals surface area contributed by atoms with Gasteiger partial charge in [0.25, 0.3) is 0 Å². The lowest BCUT2D eigenvalue weighted by Crippen LogP contribution is -2.45. The monoisotopic (exact) mass is 200 g/mol. The third-order valence-electron chi connectivity index (χ3n) is 2.04. The zero-order chi connectivity index (χ0) is 10.4. The highest BCUT2D eigenvalue weighted by atomic mass is 16.5. The number of nitrogens with one attached hydrogen (secondary N) is 2. The Labute approximate surface area is 85.1 Å². The number of rotatable bonds is 3. The SMILES string of the molecule is CC(C)NC(=NCC1CCCO1)NN. The van der Waals surface area contributed by atoms with E-state index in [1.165, 1.54) is 0 Å². The Morgan fingerprint density at radius 3 is 2.93 bits per heavy atom. The third kappa shape index (κ3) is 3.93. The number of nitrogens with two attached hydrogens (primary N) is 1. The van der Waals surface area contributed by atoms with Gasteiger partial charge in [-0.15, -0.1) is 0 Å². The molecular formula is C9H20N4O. The van der Waals surface area contributed by atoms with E-state index in [1.54, 1.807) is 0 Å². The summed E-state index contributed by atoms with van der Waals surface area (Å²) >= 11 is 0. The molecule has 0 aromatic rings. The van der Waals surface area contributed by atoms with Gasteiger partial charge in [0.05, 0.1) is 12.6 Å². The average molecular weight is 200 g/mol. The standard InChI is InChI=1S/C9H20N4O/c1-7(2)12-9(13-10)11-6-8-4-3-5-14-8/h7-8H,3-6,10H2,1-2H3,(H2,11,12,13). The topological polar surface area (TPSA) is 71.7 Å². The van der Waals surface area contributed by atoms with E-state index in [4.69, 9.17) is 10.6 Å². The van der Waals surface area contributed by atoms with Crippen LogP contribution in [0.25, 0.3) is 0 Å². The van der Waals surface area contributed by atoms with Crippen LogP contribution >= 0.6 is 0 Å². The van der Waals surface area contributed by atoms with Gasteiger partial charge in [0, 0.05) is 12.6 Å². The fraction of sp³-hybridized carbons (Fsp3) is 0.889. The van der Waals surface area contributed by atoms with E-state index in [-0.39, 0.29) is 6.10 Å². The second-order valence-electron chi connectivity index (χ2n) is 3.77. The quantitative estimate of drug-likeness (QED) is 0.259. The first-order valence-electron chi connectivity index (χ1n) is 5.11. The summed E-state index contributed by atoms with van der Waals surface area (Å²) in [5.74, 6) is 5.96. The molecule has 0 radical (unpaired) electrons. The van der Waals surface area contributed by atoms with E-state index in [0.29, 0.717) is 18.5 Å². The van der Waals surface area contributed by atoms with Crippen LogP contribution in [0.3, 0.4) is 0 Å². The van der Waals surface area contributed by atoms with Crippen LogP contribution in [0.5, 0.6) is 0 Å². The second-order valence-corrected chi connectivity index (χ2v) is 3.77. The molecule has 1 atom stereocenters. The highest BCUT2D eigenvalue weighted by molar-refractivity contribution is 5.79. The number of aliphatic imine (C=N–C) groups is 1. The molecule has 1 aliphatic heterocycles. The minimum absolute atomic E-state index is 0.271. The van der Waals surface area contributed by atoms with Crippen molar-refractivity contribution in [3.05, 3.63) is 0 Å². The molecule has 1 rings (SSSR count). The summed E-state index contributed by atoms with van der Waals surface area (Å²) in [7, 11) is 0. The average Bonchev–Trinajstić information content (AvgIpc) is 2.64. The Kier molecular flexibility index (Phi) is 4.69. The number of hydrogen-bond acceptors (Lipinski definition) is 3. The molecule has 0 amide bonds. The van der Waals surface area contributed by atoms with Crippen molar-refractivity contribution in [1.29, 1.82) is 0 Å². The molecule has 5 heteroatoms. The first-order valence-corrected chi connectivity index (χ1v) is 5.11. The van der Waals surface area contributed by atoms with Crippen LogP contribution in [0, 0.1) is 0 Å². The van der Waals surface area contributed by atoms with Crippen molar-refractivity contribution in [3.63, 3.8) is 0 Å². The molecule has 1 unspecified atom stereocenters. The number of hydrazine groups is 1. The van der Waals surface area contributed by atoms with Crippen molar-refractivity contribution in [2.45, 2.75) is 38.8 Å². The molecule has 82 valence electrons. The molecule has 0 spiro atoms. The van der Waals surface area contributed by atoms with Crippen molar-refractivity contribution >= 4 is 5.96 Å². The summed E-state index contributed by atoms with van der Waals surface area (Å²) in [5, 5.41) is 3.11. The molecule has 0 bridgehead atoms. The number of hydrogen-bond donors (Lipinski definition) is 3. The lowest BCUT2D eigenvalue weighted by molar-refractivity contribution is 0.117. The van der Waals surface area contributed by atoms with Gasteiger partial charge in [-0.3, -0.25) is 5.43 Å². The smallest absolute Gasteiger partial charge is 0.206 e.